The van der Waals surface area contributed by atoms with E-state index in [0.717, 1.165) is 5.56 Å². The molecular weight excluding hydrogens is 345 g/mol. The first-order valence-electron chi connectivity index (χ1n) is 7.58. The Hall–Kier alpha value is -2.74. The van der Waals surface area contributed by atoms with Gasteiger partial charge in [-0.3, -0.25) is 14.7 Å². The Labute approximate surface area is 146 Å². The van der Waals surface area contributed by atoms with Crippen LogP contribution in [0.15, 0.2) is 34.4 Å². The molecule has 0 aliphatic heterocycles. The zero-order chi connectivity index (χ0) is 18.0. The number of halogens is 1. The van der Waals surface area contributed by atoms with Crippen molar-refractivity contribution in [2.45, 2.75) is 19.8 Å². The number of aryl methyl sites for hydroxylation is 1. The van der Waals surface area contributed by atoms with Crippen LogP contribution < -0.4 is 5.56 Å². The van der Waals surface area contributed by atoms with Crippen molar-refractivity contribution >= 4 is 17.3 Å². The zero-order valence-corrected chi connectivity index (χ0v) is 14.5. The Morgan fingerprint density at radius 3 is 2.76 bits per heavy atom. The molecule has 130 valence electrons. The third kappa shape index (κ3) is 3.53. The van der Waals surface area contributed by atoms with Crippen LogP contribution in [0.25, 0.3) is 16.4 Å². The van der Waals surface area contributed by atoms with Gasteiger partial charge in [0.2, 0.25) is 5.13 Å². The monoisotopic (exact) mass is 361 g/mol. The van der Waals surface area contributed by atoms with Crippen LogP contribution in [-0.2, 0) is 16.0 Å². The Kier molecular flexibility index (Phi) is 4.80. The molecule has 0 spiro atoms. The molecule has 0 atom stereocenters. The van der Waals surface area contributed by atoms with E-state index < -0.39 is 0 Å². The second kappa shape index (κ2) is 7.02. The molecular formula is C17H16FN3O3S. The predicted octanol–water partition coefficient (Wildman–Crippen LogP) is 2.84. The molecule has 2 heterocycles. The van der Waals surface area contributed by atoms with E-state index >= 15 is 0 Å². The number of aromatic nitrogens is 3. The molecule has 0 unspecified atom stereocenters. The average molecular weight is 361 g/mol. The van der Waals surface area contributed by atoms with Crippen molar-refractivity contribution in [3.8, 4) is 16.4 Å². The van der Waals surface area contributed by atoms with Crippen LogP contribution >= 0.6 is 11.3 Å². The Bertz CT molecular complexity index is 956. The number of aromatic amines is 1. The van der Waals surface area contributed by atoms with Gasteiger partial charge in [-0.15, -0.1) is 11.3 Å². The fourth-order valence-electron chi connectivity index (χ4n) is 2.46. The molecule has 0 saturated heterocycles. The van der Waals surface area contributed by atoms with Gasteiger partial charge in [-0.1, -0.05) is 0 Å². The van der Waals surface area contributed by atoms with Gasteiger partial charge in [0.05, 0.1) is 12.8 Å². The number of carbonyl (C=O) groups excluding carboxylic acids is 1. The third-order valence-corrected chi connectivity index (χ3v) is 4.65. The summed E-state index contributed by atoms with van der Waals surface area (Å²) in [6.45, 7) is 1.78. The standard InChI is InChI=1S/C17H16FN3O3S/c1-10-13(7-8-15(22)24-2)16(23)21(20-10)17-19-14(9-25-17)11-3-5-12(18)6-4-11/h3-6,9,20H,7-8H2,1-2H3. The van der Waals surface area contributed by atoms with Crippen molar-refractivity contribution < 1.29 is 13.9 Å². The second-order valence-electron chi connectivity index (χ2n) is 5.45. The van der Waals surface area contributed by atoms with Crippen LogP contribution in [-0.4, -0.2) is 27.8 Å². The minimum Gasteiger partial charge on any atom is -0.469 e. The van der Waals surface area contributed by atoms with Crippen molar-refractivity contribution in [2.24, 2.45) is 0 Å². The van der Waals surface area contributed by atoms with E-state index in [-0.39, 0.29) is 23.8 Å². The van der Waals surface area contributed by atoms with Gasteiger partial charge in [0.1, 0.15) is 5.82 Å². The molecule has 8 heteroatoms. The topological polar surface area (TPSA) is 77.0 Å². The highest BCUT2D eigenvalue weighted by Crippen LogP contribution is 2.23. The third-order valence-electron chi connectivity index (χ3n) is 3.82. The number of methoxy groups -OCH3 is 1. The number of carbonyl (C=O) groups is 1. The maximum atomic E-state index is 13.0. The zero-order valence-electron chi connectivity index (χ0n) is 13.7. The van der Waals surface area contributed by atoms with Crippen LogP contribution in [0.2, 0.25) is 0 Å². The Morgan fingerprint density at radius 1 is 1.36 bits per heavy atom. The molecule has 3 aromatic rings. The maximum absolute atomic E-state index is 13.0. The van der Waals surface area contributed by atoms with Crippen LogP contribution in [0, 0.1) is 12.7 Å². The first kappa shape index (κ1) is 17.1. The number of nitrogens with one attached hydrogen (secondary N) is 1. The summed E-state index contributed by atoms with van der Waals surface area (Å²) in [7, 11) is 1.32. The summed E-state index contributed by atoms with van der Waals surface area (Å²) >= 11 is 1.30. The Balaban J connectivity index is 1.89. The summed E-state index contributed by atoms with van der Waals surface area (Å²) in [5.41, 5.74) is 2.42. The minimum absolute atomic E-state index is 0.142. The number of hydrogen-bond donors (Lipinski definition) is 1. The number of rotatable bonds is 5. The molecule has 0 bridgehead atoms. The summed E-state index contributed by atoms with van der Waals surface area (Å²) in [5.74, 6) is -0.676. The molecule has 1 N–H and O–H groups in total. The van der Waals surface area contributed by atoms with Gasteiger partial charge in [-0.25, -0.2) is 9.37 Å². The lowest BCUT2D eigenvalue weighted by Crippen LogP contribution is -2.18. The molecule has 0 aliphatic carbocycles. The fraction of sp³-hybridized carbons (Fsp3) is 0.235. The van der Waals surface area contributed by atoms with Crippen LogP contribution in [0.5, 0.6) is 0 Å². The van der Waals surface area contributed by atoms with E-state index in [9.17, 15) is 14.0 Å². The summed E-state index contributed by atoms with van der Waals surface area (Å²) in [6.07, 6.45) is 0.445. The number of H-pyrrole nitrogens is 1. The molecule has 0 radical (unpaired) electrons. The molecule has 2 aromatic heterocycles. The molecule has 0 aliphatic rings. The summed E-state index contributed by atoms with van der Waals surface area (Å²) in [5, 5.41) is 5.27. The number of benzene rings is 1. The molecule has 0 fully saturated rings. The number of ether oxygens (including phenoxy) is 1. The lowest BCUT2D eigenvalue weighted by atomic mass is 10.1. The van der Waals surface area contributed by atoms with Crippen LogP contribution in [0.3, 0.4) is 0 Å². The van der Waals surface area contributed by atoms with Gasteiger partial charge >= 0.3 is 5.97 Å². The van der Waals surface area contributed by atoms with Gasteiger partial charge in [0, 0.05) is 28.6 Å². The smallest absolute Gasteiger partial charge is 0.305 e. The molecule has 0 amide bonds. The van der Waals surface area contributed by atoms with E-state index in [4.69, 9.17) is 0 Å². The van der Waals surface area contributed by atoms with E-state index in [1.165, 1.54) is 35.3 Å². The van der Waals surface area contributed by atoms with Gasteiger partial charge in [0.25, 0.3) is 5.56 Å². The molecule has 6 nitrogen and oxygen atoms in total. The molecule has 25 heavy (non-hydrogen) atoms. The van der Waals surface area contributed by atoms with Crippen molar-refractivity contribution in [3.05, 3.63) is 57.1 Å². The van der Waals surface area contributed by atoms with Gasteiger partial charge in [-0.2, -0.15) is 4.68 Å². The highest BCUT2D eigenvalue weighted by atomic mass is 32.1. The highest BCUT2D eigenvalue weighted by Gasteiger charge is 2.16. The molecule has 0 saturated carbocycles. The summed E-state index contributed by atoms with van der Waals surface area (Å²) in [6, 6.07) is 6.01. The number of nitrogens with zero attached hydrogens (tertiary/aromatic N) is 2. The van der Waals surface area contributed by atoms with Gasteiger partial charge in [0.15, 0.2) is 0 Å². The minimum atomic E-state index is -0.362. The first-order chi connectivity index (χ1) is 12.0. The van der Waals surface area contributed by atoms with E-state index in [1.807, 2.05) is 0 Å². The Morgan fingerprint density at radius 2 is 2.08 bits per heavy atom. The van der Waals surface area contributed by atoms with E-state index in [0.29, 0.717) is 28.5 Å². The van der Waals surface area contributed by atoms with E-state index in [2.05, 4.69) is 14.8 Å². The quantitative estimate of drug-likeness (QED) is 0.709. The lowest BCUT2D eigenvalue weighted by molar-refractivity contribution is -0.140. The number of hydrogen-bond acceptors (Lipinski definition) is 5. The second-order valence-corrected chi connectivity index (χ2v) is 6.29. The summed E-state index contributed by atoms with van der Waals surface area (Å²) in [4.78, 5) is 28.3. The number of esters is 1. The fourth-order valence-corrected chi connectivity index (χ4v) is 3.25. The number of thiazole rings is 1. The molecule has 1 aromatic carbocycles. The van der Waals surface area contributed by atoms with Gasteiger partial charge < -0.3 is 4.74 Å². The highest BCUT2D eigenvalue weighted by molar-refractivity contribution is 7.12. The average Bonchev–Trinajstić information content (AvgIpc) is 3.19. The summed E-state index contributed by atoms with van der Waals surface area (Å²) < 4.78 is 19.0. The first-order valence-corrected chi connectivity index (χ1v) is 8.46. The maximum Gasteiger partial charge on any atom is 0.305 e. The van der Waals surface area contributed by atoms with Crippen molar-refractivity contribution in [1.29, 1.82) is 0 Å². The largest absolute Gasteiger partial charge is 0.469 e. The van der Waals surface area contributed by atoms with Crippen molar-refractivity contribution in [3.63, 3.8) is 0 Å². The lowest BCUT2D eigenvalue weighted by Gasteiger charge is -1.97. The SMILES string of the molecule is COC(=O)CCc1c(C)[nH]n(-c2nc(-c3ccc(F)cc3)cs2)c1=O. The van der Waals surface area contributed by atoms with Gasteiger partial charge in [-0.05, 0) is 37.6 Å². The van der Waals surface area contributed by atoms with Crippen molar-refractivity contribution in [2.75, 3.05) is 7.11 Å². The normalized spacial score (nSPS) is 10.8. The predicted molar refractivity (Wildman–Crippen MR) is 92.5 cm³/mol. The van der Waals surface area contributed by atoms with E-state index in [1.54, 1.807) is 24.4 Å². The van der Waals surface area contributed by atoms with Crippen molar-refractivity contribution in [1.82, 2.24) is 14.8 Å². The van der Waals surface area contributed by atoms with Crippen LogP contribution in [0.4, 0.5) is 4.39 Å². The van der Waals surface area contributed by atoms with Crippen LogP contribution in [0.1, 0.15) is 17.7 Å². The molecule has 3 rings (SSSR count).